The van der Waals surface area contributed by atoms with E-state index in [4.69, 9.17) is 10.6 Å². The van der Waals surface area contributed by atoms with Crippen LogP contribution in [0.2, 0.25) is 0 Å². The van der Waals surface area contributed by atoms with Crippen LogP contribution in [0.15, 0.2) is 0 Å². The molecule has 0 radical (unpaired) electrons. The van der Waals surface area contributed by atoms with E-state index in [2.05, 4.69) is 19.3 Å². The lowest BCUT2D eigenvalue weighted by atomic mass is 9.82. The Morgan fingerprint density at radius 1 is 1.58 bits per heavy atom. The first-order valence-electron chi connectivity index (χ1n) is 7.48. The molecule has 2 rings (SSSR count). The summed E-state index contributed by atoms with van der Waals surface area (Å²) in [4.78, 5) is 0. The van der Waals surface area contributed by atoms with Crippen molar-refractivity contribution < 1.29 is 4.74 Å². The van der Waals surface area contributed by atoms with E-state index in [1.165, 1.54) is 30.8 Å². The highest BCUT2D eigenvalue weighted by atomic mass is 32.2. The second-order valence-corrected chi connectivity index (χ2v) is 8.49. The van der Waals surface area contributed by atoms with Crippen molar-refractivity contribution in [3.8, 4) is 0 Å². The quantitative estimate of drug-likeness (QED) is 0.583. The first-order chi connectivity index (χ1) is 9.19. The summed E-state index contributed by atoms with van der Waals surface area (Å²) in [6.45, 7) is 5.47. The zero-order chi connectivity index (χ0) is 13.7. The Kier molecular flexibility index (Phi) is 6.34. The zero-order valence-corrected chi connectivity index (χ0v) is 13.8. The lowest BCUT2D eigenvalue weighted by molar-refractivity contribution is -0.0838. The fourth-order valence-corrected chi connectivity index (χ4v) is 5.50. The molecule has 2 saturated heterocycles. The van der Waals surface area contributed by atoms with Crippen molar-refractivity contribution in [1.82, 2.24) is 5.43 Å². The fourth-order valence-electron chi connectivity index (χ4n) is 2.98. The van der Waals surface area contributed by atoms with E-state index in [9.17, 15) is 0 Å². The average Bonchev–Trinajstić information content (AvgIpc) is 2.87. The molecule has 19 heavy (non-hydrogen) atoms. The summed E-state index contributed by atoms with van der Waals surface area (Å²) in [6, 6.07) is 0.436. The van der Waals surface area contributed by atoms with Gasteiger partial charge in [-0.15, -0.1) is 0 Å². The summed E-state index contributed by atoms with van der Waals surface area (Å²) in [7, 11) is 0. The Morgan fingerprint density at radius 2 is 2.42 bits per heavy atom. The molecule has 0 aromatic heterocycles. The third-order valence-corrected chi connectivity index (χ3v) is 7.19. The summed E-state index contributed by atoms with van der Waals surface area (Å²) in [5.41, 5.74) is 3.24. The number of nitrogens with two attached hydrogens (primary N) is 1. The largest absolute Gasteiger partial charge is 0.374 e. The lowest BCUT2D eigenvalue weighted by Gasteiger charge is -2.40. The Balaban J connectivity index is 1.87. The Bertz CT molecular complexity index is 272. The minimum Gasteiger partial charge on any atom is -0.374 e. The average molecular weight is 305 g/mol. The van der Waals surface area contributed by atoms with Gasteiger partial charge in [0.05, 0.1) is 5.60 Å². The van der Waals surface area contributed by atoms with Crippen LogP contribution in [0.25, 0.3) is 0 Å². The molecule has 5 heteroatoms. The standard InChI is InChI=1S/C14H28N2OS2/c1-3-11(2)19-9-13(16-15)12-4-6-17-14(8-12)5-7-18-10-14/h11-13,16H,3-10,15H2,1-2H3. The van der Waals surface area contributed by atoms with Gasteiger partial charge in [0.2, 0.25) is 0 Å². The molecule has 1 spiro atoms. The van der Waals surface area contributed by atoms with E-state index in [0.717, 1.165) is 24.0 Å². The maximum atomic E-state index is 6.10. The maximum Gasteiger partial charge on any atom is 0.0783 e. The van der Waals surface area contributed by atoms with Crippen LogP contribution in [0.1, 0.15) is 39.5 Å². The number of hydrogen-bond acceptors (Lipinski definition) is 5. The molecule has 0 bridgehead atoms. The van der Waals surface area contributed by atoms with Crippen LogP contribution in [-0.2, 0) is 4.74 Å². The highest BCUT2D eigenvalue weighted by molar-refractivity contribution is 8.00. The Labute approximate surface area is 126 Å². The number of ether oxygens (including phenoxy) is 1. The Morgan fingerprint density at radius 3 is 3.05 bits per heavy atom. The summed E-state index contributed by atoms with van der Waals surface area (Å²) >= 11 is 4.09. The second kappa shape index (κ2) is 7.55. The van der Waals surface area contributed by atoms with E-state index in [1.807, 2.05) is 23.5 Å². The zero-order valence-electron chi connectivity index (χ0n) is 12.2. The van der Waals surface area contributed by atoms with Gasteiger partial charge in [-0.1, -0.05) is 13.8 Å². The van der Waals surface area contributed by atoms with Gasteiger partial charge in [-0.3, -0.25) is 11.3 Å². The van der Waals surface area contributed by atoms with Crippen LogP contribution in [0, 0.1) is 5.92 Å². The molecule has 4 unspecified atom stereocenters. The van der Waals surface area contributed by atoms with Crippen molar-refractivity contribution in [3.63, 3.8) is 0 Å². The summed E-state index contributed by atoms with van der Waals surface area (Å²) in [5, 5.41) is 0.728. The van der Waals surface area contributed by atoms with Crippen molar-refractivity contribution >= 4 is 23.5 Å². The predicted molar refractivity (Wildman–Crippen MR) is 86.7 cm³/mol. The predicted octanol–water partition coefficient (Wildman–Crippen LogP) is 2.65. The van der Waals surface area contributed by atoms with Gasteiger partial charge in [0, 0.05) is 29.4 Å². The monoisotopic (exact) mass is 304 g/mol. The summed E-state index contributed by atoms with van der Waals surface area (Å²) in [5.74, 6) is 10.0. The van der Waals surface area contributed by atoms with E-state index in [1.54, 1.807) is 0 Å². The normalized spacial score (nSPS) is 34.6. The maximum absolute atomic E-state index is 6.10. The molecule has 0 aromatic rings. The topological polar surface area (TPSA) is 47.3 Å². The van der Waals surface area contributed by atoms with Crippen molar-refractivity contribution in [2.45, 2.75) is 56.4 Å². The van der Waals surface area contributed by atoms with Gasteiger partial charge in [0.15, 0.2) is 0 Å². The number of hydrazine groups is 1. The third-order valence-electron chi connectivity index (χ3n) is 4.52. The molecule has 0 amide bonds. The van der Waals surface area contributed by atoms with Gasteiger partial charge in [-0.25, -0.2) is 0 Å². The van der Waals surface area contributed by atoms with Gasteiger partial charge in [0.25, 0.3) is 0 Å². The lowest BCUT2D eigenvalue weighted by Crippen LogP contribution is -2.50. The fraction of sp³-hybridized carbons (Fsp3) is 1.00. The number of rotatable bonds is 6. The molecule has 0 aromatic carbocycles. The van der Waals surface area contributed by atoms with Crippen molar-refractivity contribution in [3.05, 3.63) is 0 Å². The van der Waals surface area contributed by atoms with Crippen molar-refractivity contribution in [2.75, 3.05) is 23.9 Å². The molecule has 0 saturated carbocycles. The van der Waals surface area contributed by atoms with Crippen LogP contribution in [0.4, 0.5) is 0 Å². The van der Waals surface area contributed by atoms with Gasteiger partial charge >= 0.3 is 0 Å². The van der Waals surface area contributed by atoms with Crippen LogP contribution in [-0.4, -0.2) is 40.8 Å². The number of thioether (sulfide) groups is 2. The SMILES string of the molecule is CCC(C)SCC(NN)C1CCOC2(CCSC2)C1. The smallest absolute Gasteiger partial charge is 0.0783 e. The molecule has 4 atom stereocenters. The Hall–Kier alpha value is 0.580. The van der Waals surface area contributed by atoms with E-state index < -0.39 is 0 Å². The minimum absolute atomic E-state index is 0.170. The first-order valence-corrected chi connectivity index (χ1v) is 9.69. The highest BCUT2D eigenvalue weighted by Gasteiger charge is 2.42. The van der Waals surface area contributed by atoms with Gasteiger partial charge < -0.3 is 4.74 Å². The highest BCUT2D eigenvalue weighted by Crippen LogP contribution is 2.41. The van der Waals surface area contributed by atoms with E-state index in [0.29, 0.717) is 12.0 Å². The minimum atomic E-state index is 0.170. The summed E-state index contributed by atoms with van der Waals surface area (Å²) in [6.07, 6.45) is 4.80. The van der Waals surface area contributed by atoms with Crippen molar-refractivity contribution in [1.29, 1.82) is 0 Å². The van der Waals surface area contributed by atoms with Crippen LogP contribution in [0.3, 0.4) is 0 Å². The molecule has 2 aliphatic rings. The molecule has 3 N–H and O–H groups in total. The van der Waals surface area contributed by atoms with E-state index >= 15 is 0 Å². The molecular formula is C14H28N2OS2. The van der Waals surface area contributed by atoms with Crippen LogP contribution < -0.4 is 11.3 Å². The van der Waals surface area contributed by atoms with Crippen LogP contribution >= 0.6 is 23.5 Å². The number of hydrogen-bond donors (Lipinski definition) is 2. The van der Waals surface area contributed by atoms with Gasteiger partial charge in [-0.2, -0.15) is 23.5 Å². The summed E-state index contributed by atoms with van der Waals surface area (Å²) < 4.78 is 6.10. The van der Waals surface area contributed by atoms with Crippen molar-refractivity contribution in [2.24, 2.45) is 11.8 Å². The van der Waals surface area contributed by atoms with Gasteiger partial charge in [-0.05, 0) is 37.4 Å². The molecule has 2 heterocycles. The molecular weight excluding hydrogens is 276 g/mol. The molecule has 2 fully saturated rings. The van der Waals surface area contributed by atoms with Gasteiger partial charge in [0.1, 0.15) is 0 Å². The third kappa shape index (κ3) is 4.27. The molecule has 0 aliphatic carbocycles. The second-order valence-electron chi connectivity index (χ2n) is 5.91. The number of nitrogens with one attached hydrogen (secondary N) is 1. The molecule has 2 aliphatic heterocycles. The first kappa shape index (κ1) is 16.0. The molecule has 112 valence electrons. The molecule has 3 nitrogen and oxygen atoms in total. The van der Waals surface area contributed by atoms with Crippen LogP contribution in [0.5, 0.6) is 0 Å². The van der Waals surface area contributed by atoms with E-state index in [-0.39, 0.29) is 5.60 Å².